The van der Waals surface area contributed by atoms with Gasteiger partial charge >= 0.3 is 0 Å². The van der Waals surface area contributed by atoms with Gasteiger partial charge in [-0.05, 0) is 43.0 Å². The molecule has 1 aliphatic rings. The Morgan fingerprint density at radius 2 is 2.00 bits per heavy atom. The van der Waals surface area contributed by atoms with Gasteiger partial charge in [0.15, 0.2) is 0 Å². The molecule has 0 bridgehead atoms. The number of nitrogens with zero attached hydrogens (tertiary/aromatic N) is 3. The molecular formula is C19H23N3O3. The maximum atomic E-state index is 12.7. The molecule has 132 valence electrons. The van der Waals surface area contributed by atoms with E-state index in [1.54, 1.807) is 31.3 Å². The monoisotopic (exact) mass is 341 g/mol. The van der Waals surface area contributed by atoms with E-state index in [-0.39, 0.29) is 18.4 Å². The first-order valence-corrected chi connectivity index (χ1v) is 8.42. The van der Waals surface area contributed by atoms with Gasteiger partial charge in [0.2, 0.25) is 5.91 Å². The third-order valence-electron chi connectivity index (χ3n) is 4.87. The fraction of sp³-hybridized carbons (Fsp3) is 0.421. The third kappa shape index (κ3) is 3.64. The van der Waals surface area contributed by atoms with Crippen molar-refractivity contribution in [3.8, 4) is 5.75 Å². The number of methoxy groups -OCH3 is 1. The summed E-state index contributed by atoms with van der Waals surface area (Å²) in [5, 5.41) is 11.2. The zero-order valence-corrected chi connectivity index (χ0v) is 14.6. The zero-order valence-electron chi connectivity index (χ0n) is 14.6. The average Bonchev–Trinajstić information content (AvgIpc) is 3.13. The molecule has 2 heterocycles. The fourth-order valence-electron chi connectivity index (χ4n) is 3.47. The molecule has 2 atom stereocenters. The Hall–Kier alpha value is -2.47. The van der Waals surface area contributed by atoms with Crippen molar-refractivity contribution in [2.45, 2.75) is 37.8 Å². The van der Waals surface area contributed by atoms with Crippen LogP contribution in [-0.4, -0.2) is 45.6 Å². The van der Waals surface area contributed by atoms with E-state index in [1.165, 1.54) is 6.33 Å². The lowest BCUT2D eigenvalue weighted by atomic mass is 9.86. The number of likely N-dealkylation sites (tertiary alicyclic amines) is 1. The molecule has 6 heteroatoms. The van der Waals surface area contributed by atoms with Crippen LogP contribution in [0.25, 0.3) is 0 Å². The summed E-state index contributed by atoms with van der Waals surface area (Å²) < 4.78 is 5.18. The normalized spacial score (nSPS) is 19.5. The molecule has 25 heavy (non-hydrogen) atoms. The molecule has 6 nitrogen and oxygen atoms in total. The summed E-state index contributed by atoms with van der Waals surface area (Å²) in [6.45, 7) is 2.43. The minimum absolute atomic E-state index is 0.00825. The van der Waals surface area contributed by atoms with Gasteiger partial charge in [0, 0.05) is 18.9 Å². The molecular weight excluding hydrogens is 318 g/mol. The summed E-state index contributed by atoms with van der Waals surface area (Å²) in [6, 6.07) is 7.10. The lowest BCUT2D eigenvalue weighted by Crippen LogP contribution is -2.48. The standard InChI is InChI=1S/C19H23N3O3/c1-19(24,15-5-7-16(25-2)8-6-15)17-4-3-9-22(17)18(23)10-14-11-20-13-21-12-14/h5-8,11-13,17,24H,3-4,9-10H2,1-2H3. The largest absolute Gasteiger partial charge is 0.497 e. The quantitative estimate of drug-likeness (QED) is 0.899. The molecule has 1 fully saturated rings. The van der Waals surface area contributed by atoms with Gasteiger partial charge in [-0.2, -0.15) is 0 Å². The molecule has 0 aliphatic carbocycles. The molecule has 1 aromatic carbocycles. The first-order valence-electron chi connectivity index (χ1n) is 8.42. The summed E-state index contributed by atoms with van der Waals surface area (Å²) in [7, 11) is 1.61. The van der Waals surface area contributed by atoms with Crippen LogP contribution in [-0.2, 0) is 16.8 Å². The number of ether oxygens (including phenoxy) is 1. The van der Waals surface area contributed by atoms with E-state index < -0.39 is 5.60 Å². The van der Waals surface area contributed by atoms with Crippen LogP contribution in [0, 0.1) is 0 Å². The first kappa shape index (κ1) is 17.4. The predicted molar refractivity (Wildman–Crippen MR) is 93.0 cm³/mol. The molecule has 0 spiro atoms. The van der Waals surface area contributed by atoms with Crippen LogP contribution < -0.4 is 4.74 Å². The van der Waals surface area contributed by atoms with Crippen molar-refractivity contribution in [3.05, 3.63) is 54.1 Å². The highest BCUT2D eigenvalue weighted by molar-refractivity contribution is 5.79. The van der Waals surface area contributed by atoms with Crippen molar-refractivity contribution >= 4 is 5.91 Å². The third-order valence-corrected chi connectivity index (χ3v) is 4.87. The fourth-order valence-corrected chi connectivity index (χ4v) is 3.47. The van der Waals surface area contributed by atoms with E-state index in [9.17, 15) is 9.90 Å². The van der Waals surface area contributed by atoms with Gasteiger partial charge in [-0.1, -0.05) is 12.1 Å². The zero-order chi connectivity index (χ0) is 17.9. The van der Waals surface area contributed by atoms with Crippen LogP contribution in [0.5, 0.6) is 5.75 Å². The second kappa shape index (κ2) is 7.19. The Bertz CT molecular complexity index is 716. The van der Waals surface area contributed by atoms with Crippen molar-refractivity contribution in [3.63, 3.8) is 0 Å². The summed E-state index contributed by atoms with van der Waals surface area (Å²) in [4.78, 5) is 22.4. The van der Waals surface area contributed by atoms with E-state index >= 15 is 0 Å². The average molecular weight is 341 g/mol. The van der Waals surface area contributed by atoms with Gasteiger partial charge in [-0.3, -0.25) is 4.79 Å². The maximum absolute atomic E-state index is 12.7. The lowest BCUT2D eigenvalue weighted by Gasteiger charge is -2.37. The number of benzene rings is 1. The van der Waals surface area contributed by atoms with Crippen molar-refractivity contribution in [1.29, 1.82) is 0 Å². The molecule has 1 N–H and O–H groups in total. The summed E-state index contributed by atoms with van der Waals surface area (Å²) in [5.74, 6) is 0.731. The van der Waals surface area contributed by atoms with E-state index in [2.05, 4.69) is 9.97 Å². The van der Waals surface area contributed by atoms with E-state index in [0.29, 0.717) is 6.54 Å². The summed E-state index contributed by atoms with van der Waals surface area (Å²) in [6.07, 6.45) is 6.65. The molecule has 0 radical (unpaired) electrons. The number of hydrogen-bond donors (Lipinski definition) is 1. The molecule has 2 unspecified atom stereocenters. The van der Waals surface area contributed by atoms with Gasteiger partial charge in [-0.15, -0.1) is 0 Å². The molecule has 2 aromatic rings. The van der Waals surface area contributed by atoms with Crippen LogP contribution in [0.15, 0.2) is 43.0 Å². The highest BCUT2D eigenvalue weighted by Crippen LogP contribution is 2.35. The van der Waals surface area contributed by atoms with Crippen LogP contribution in [0.3, 0.4) is 0 Å². The highest BCUT2D eigenvalue weighted by Gasteiger charge is 2.42. The number of aliphatic hydroxyl groups is 1. The Labute approximate surface area is 147 Å². The molecule has 1 amide bonds. The minimum atomic E-state index is -1.12. The Morgan fingerprint density at radius 1 is 1.32 bits per heavy atom. The van der Waals surface area contributed by atoms with E-state index in [4.69, 9.17) is 4.74 Å². The van der Waals surface area contributed by atoms with Crippen LogP contribution >= 0.6 is 0 Å². The summed E-state index contributed by atoms with van der Waals surface area (Å²) >= 11 is 0. The van der Waals surface area contributed by atoms with Crippen molar-refractivity contribution in [2.75, 3.05) is 13.7 Å². The Balaban J connectivity index is 1.78. The van der Waals surface area contributed by atoms with Gasteiger partial charge in [0.05, 0.1) is 19.6 Å². The topological polar surface area (TPSA) is 75.6 Å². The number of amides is 1. The maximum Gasteiger partial charge on any atom is 0.227 e. The van der Waals surface area contributed by atoms with Gasteiger partial charge in [-0.25, -0.2) is 9.97 Å². The second-order valence-corrected chi connectivity index (χ2v) is 6.54. The Morgan fingerprint density at radius 3 is 2.64 bits per heavy atom. The lowest BCUT2D eigenvalue weighted by molar-refractivity contribution is -0.137. The number of carbonyl (C=O) groups is 1. The number of carbonyl (C=O) groups excluding carboxylic acids is 1. The highest BCUT2D eigenvalue weighted by atomic mass is 16.5. The number of aromatic nitrogens is 2. The molecule has 3 rings (SSSR count). The molecule has 0 saturated carbocycles. The smallest absolute Gasteiger partial charge is 0.227 e. The van der Waals surface area contributed by atoms with Crippen molar-refractivity contribution in [1.82, 2.24) is 14.9 Å². The molecule has 1 aliphatic heterocycles. The summed E-state index contributed by atoms with van der Waals surface area (Å²) in [5.41, 5.74) is 0.439. The Kier molecular flexibility index (Phi) is 4.99. The van der Waals surface area contributed by atoms with E-state index in [0.717, 1.165) is 29.7 Å². The minimum Gasteiger partial charge on any atom is -0.497 e. The first-order chi connectivity index (χ1) is 12.0. The van der Waals surface area contributed by atoms with E-state index in [1.807, 2.05) is 24.3 Å². The second-order valence-electron chi connectivity index (χ2n) is 6.54. The molecule has 1 saturated heterocycles. The number of rotatable bonds is 5. The van der Waals surface area contributed by atoms with Gasteiger partial charge < -0.3 is 14.7 Å². The van der Waals surface area contributed by atoms with Crippen LogP contribution in [0.2, 0.25) is 0 Å². The van der Waals surface area contributed by atoms with Gasteiger partial charge in [0.1, 0.15) is 17.7 Å². The molecule has 1 aromatic heterocycles. The van der Waals surface area contributed by atoms with Gasteiger partial charge in [0.25, 0.3) is 0 Å². The van der Waals surface area contributed by atoms with Crippen LogP contribution in [0.1, 0.15) is 30.9 Å². The van der Waals surface area contributed by atoms with Crippen molar-refractivity contribution in [2.24, 2.45) is 0 Å². The predicted octanol–water partition coefficient (Wildman–Crippen LogP) is 1.93. The number of hydrogen-bond acceptors (Lipinski definition) is 5. The van der Waals surface area contributed by atoms with Crippen molar-refractivity contribution < 1.29 is 14.6 Å². The SMILES string of the molecule is COc1ccc(C(C)(O)C2CCCN2C(=O)Cc2cncnc2)cc1. The van der Waals surface area contributed by atoms with Crippen LogP contribution in [0.4, 0.5) is 0 Å².